The number of unbranched alkanes of at least 4 members (excludes halogenated alkanes) is 5. The van der Waals surface area contributed by atoms with Crippen LogP contribution in [0.2, 0.25) is 0 Å². The molecule has 1 fully saturated rings. The van der Waals surface area contributed by atoms with Crippen LogP contribution in [-0.4, -0.2) is 38.1 Å². The maximum atomic E-state index is 10.1. The summed E-state index contributed by atoms with van der Waals surface area (Å²) in [4.78, 5) is 23.0. The fraction of sp³-hybridized carbons (Fsp3) is 0.704. The summed E-state index contributed by atoms with van der Waals surface area (Å²) in [5, 5.41) is 16.7. The number of hydrogen-bond donors (Lipinski definition) is 2. The number of rotatable bonds is 11. The van der Waals surface area contributed by atoms with Crippen molar-refractivity contribution in [3.63, 3.8) is 0 Å². The second-order valence-corrected chi connectivity index (χ2v) is 10.6. The lowest BCUT2D eigenvalue weighted by Crippen LogP contribution is -2.59. The number of carbonyl (C=O) groups is 2. The predicted molar refractivity (Wildman–Crippen MR) is 131 cm³/mol. The van der Waals surface area contributed by atoms with Gasteiger partial charge in [0.25, 0.3) is 0 Å². The van der Waals surface area contributed by atoms with Crippen molar-refractivity contribution in [2.24, 2.45) is 5.92 Å². The van der Waals surface area contributed by atoms with E-state index in [2.05, 4.69) is 69.9 Å². The Morgan fingerprint density at radius 1 is 0.812 bits per heavy atom. The van der Waals surface area contributed by atoms with E-state index in [-0.39, 0.29) is 23.9 Å². The third-order valence-corrected chi connectivity index (χ3v) is 6.37. The average molecular weight is 448 g/mol. The molecule has 0 saturated carbocycles. The van der Waals surface area contributed by atoms with E-state index in [1.165, 1.54) is 18.4 Å². The second-order valence-electron chi connectivity index (χ2n) is 10.6. The molecule has 1 aliphatic heterocycles. The van der Waals surface area contributed by atoms with Gasteiger partial charge < -0.3 is 10.2 Å². The highest BCUT2D eigenvalue weighted by molar-refractivity contribution is 5.66. The number of benzene rings is 1. The molecule has 0 spiro atoms. The molecule has 5 nitrogen and oxygen atoms in total. The Morgan fingerprint density at radius 2 is 1.22 bits per heavy atom. The van der Waals surface area contributed by atoms with Crippen LogP contribution in [0.25, 0.3) is 0 Å². The fourth-order valence-corrected chi connectivity index (χ4v) is 5.27. The van der Waals surface area contributed by atoms with Gasteiger partial charge in [0.1, 0.15) is 0 Å². The third kappa shape index (κ3) is 11.1. The number of aliphatic carboxylic acids is 2. The summed E-state index contributed by atoms with van der Waals surface area (Å²) < 4.78 is 0. The van der Waals surface area contributed by atoms with Gasteiger partial charge in [-0.25, -0.2) is 0 Å². The molecule has 0 amide bonds. The first-order valence-electron chi connectivity index (χ1n) is 12.2. The fourth-order valence-electron chi connectivity index (χ4n) is 5.27. The quantitative estimate of drug-likeness (QED) is 0.367. The second kappa shape index (κ2) is 13.6. The minimum atomic E-state index is -0.740. The smallest absolute Gasteiger partial charge is 0.303 e. The molecule has 1 aromatic carbocycles. The monoisotopic (exact) mass is 447 g/mol. The van der Waals surface area contributed by atoms with Crippen LogP contribution in [0.1, 0.15) is 104 Å². The minimum Gasteiger partial charge on any atom is -0.481 e. The van der Waals surface area contributed by atoms with Crippen LogP contribution in [0.3, 0.4) is 0 Å². The largest absolute Gasteiger partial charge is 0.481 e. The first-order valence-corrected chi connectivity index (χ1v) is 12.2. The lowest BCUT2D eigenvalue weighted by Gasteiger charge is -2.55. The zero-order valence-electron chi connectivity index (χ0n) is 20.9. The molecule has 1 saturated heterocycles. The molecule has 0 aromatic heterocycles. The normalized spacial score (nSPS) is 17.9. The molecule has 2 N–H and O–H groups in total. The third-order valence-electron chi connectivity index (χ3n) is 6.37. The van der Waals surface area contributed by atoms with Gasteiger partial charge in [-0.2, -0.15) is 0 Å². The molecular weight excluding hydrogens is 402 g/mol. The van der Waals surface area contributed by atoms with E-state index < -0.39 is 11.9 Å². The standard InChI is InChI=1S/C17H27N.C10H18O4/c1-14-11-16(2,3)18(17(4,5)12-14)13-15-9-7-6-8-10-15;11-9(12)7-5-3-1-2-4-6-8-10(13)14/h6-10,14H,11-13H2,1-5H3;1-8H2,(H,11,12)(H,13,14). The Labute approximate surface area is 195 Å². The molecule has 0 atom stereocenters. The van der Waals surface area contributed by atoms with Crippen LogP contribution in [0.4, 0.5) is 0 Å². The van der Waals surface area contributed by atoms with Gasteiger partial charge in [-0.05, 0) is 64.9 Å². The predicted octanol–water partition coefficient (Wildman–Crippen LogP) is 6.75. The summed E-state index contributed by atoms with van der Waals surface area (Å²) in [6.07, 6.45) is 8.41. The number of likely N-dealkylation sites (tertiary alicyclic amines) is 1. The maximum Gasteiger partial charge on any atom is 0.303 e. The number of piperidine rings is 1. The number of carboxylic acids is 2. The molecule has 1 aliphatic rings. The molecule has 0 aliphatic carbocycles. The number of hydrogen-bond acceptors (Lipinski definition) is 3. The molecule has 1 aromatic rings. The first kappa shape index (κ1) is 28.2. The van der Waals surface area contributed by atoms with E-state index >= 15 is 0 Å². The Kier molecular flexibility index (Phi) is 12.0. The molecule has 0 bridgehead atoms. The summed E-state index contributed by atoms with van der Waals surface area (Å²) in [7, 11) is 0. The number of nitrogens with zero attached hydrogens (tertiary/aromatic N) is 1. The van der Waals surface area contributed by atoms with E-state index in [1.54, 1.807) is 0 Å². The average Bonchev–Trinajstić information content (AvgIpc) is 2.67. The minimum absolute atomic E-state index is 0.245. The molecule has 32 heavy (non-hydrogen) atoms. The van der Waals surface area contributed by atoms with Crippen LogP contribution in [0.5, 0.6) is 0 Å². The van der Waals surface area contributed by atoms with Crippen molar-refractivity contribution in [2.75, 3.05) is 0 Å². The molecule has 5 heteroatoms. The van der Waals surface area contributed by atoms with E-state index in [4.69, 9.17) is 10.2 Å². The highest BCUT2D eigenvalue weighted by atomic mass is 16.4. The highest BCUT2D eigenvalue weighted by Crippen LogP contribution is 2.41. The highest BCUT2D eigenvalue weighted by Gasteiger charge is 2.43. The van der Waals surface area contributed by atoms with Gasteiger partial charge >= 0.3 is 11.9 Å². The van der Waals surface area contributed by atoms with E-state index in [9.17, 15) is 9.59 Å². The van der Waals surface area contributed by atoms with E-state index in [0.29, 0.717) is 0 Å². The molecule has 0 unspecified atom stereocenters. The van der Waals surface area contributed by atoms with Crippen LogP contribution < -0.4 is 0 Å². The lowest BCUT2D eigenvalue weighted by atomic mass is 9.74. The van der Waals surface area contributed by atoms with Gasteiger partial charge in [-0.15, -0.1) is 0 Å². The van der Waals surface area contributed by atoms with Crippen LogP contribution in [-0.2, 0) is 16.1 Å². The van der Waals surface area contributed by atoms with Crippen molar-refractivity contribution >= 4 is 11.9 Å². The zero-order chi connectivity index (χ0) is 24.2. The summed E-state index contributed by atoms with van der Waals surface area (Å²) in [5.41, 5.74) is 2.00. The van der Waals surface area contributed by atoms with Gasteiger partial charge in [0.2, 0.25) is 0 Å². The van der Waals surface area contributed by atoms with Crippen LogP contribution in [0.15, 0.2) is 30.3 Å². The zero-order valence-corrected chi connectivity index (χ0v) is 20.9. The van der Waals surface area contributed by atoms with Gasteiger partial charge in [0.15, 0.2) is 0 Å². The van der Waals surface area contributed by atoms with E-state index in [0.717, 1.165) is 51.0 Å². The van der Waals surface area contributed by atoms with Crippen molar-refractivity contribution in [1.82, 2.24) is 4.90 Å². The topological polar surface area (TPSA) is 77.8 Å². The van der Waals surface area contributed by atoms with Gasteiger partial charge in [0, 0.05) is 30.5 Å². The summed E-state index contributed by atoms with van der Waals surface area (Å²) >= 11 is 0. The first-order chi connectivity index (χ1) is 14.9. The maximum absolute atomic E-state index is 10.1. The summed E-state index contributed by atoms with van der Waals surface area (Å²) in [6, 6.07) is 10.9. The molecule has 2 rings (SSSR count). The lowest BCUT2D eigenvalue weighted by molar-refractivity contribution is -0.138. The molecular formula is C27H45NO4. The Morgan fingerprint density at radius 3 is 1.62 bits per heavy atom. The van der Waals surface area contributed by atoms with Gasteiger partial charge in [0.05, 0.1) is 0 Å². The molecule has 182 valence electrons. The van der Waals surface area contributed by atoms with Crippen molar-refractivity contribution < 1.29 is 19.8 Å². The Balaban J connectivity index is 0.000000333. The summed E-state index contributed by atoms with van der Waals surface area (Å²) in [5.74, 6) is -0.659. The van der Waals surface area contributed by atoms with Crippen molar-refractivity contribution in [1.29, 1.82) is 0 Å². The number of carboxylic acid groups (broad SMARTS) is 2. The SMILES string of the molecule is CC1CC(C)(C)N(Cc2ccccc2)C(C)(C)C1.O=C(O)CCCCCCCCC(=O)O. The Hall–Kier alpha value is -1.88. The Bertz CT molecular complexity index is 646. The molecule has 0 radical (unpaired) electrons. The van der Waals surface area contributed by atoms with Crippen molar-refractivity contribution in [2.45, 2.75) is 116 Å². The van der Waals surface area contributed by atoms with E-state index in [1.807, 2.05) is 0 Å². The van der Waals surface area contributed by atoms with Crippen molar-refractivity contribution in [3.05, 3.63) is 35.9 Å². The van der Waals surface area contributed by atoms with Gasteiger partial charge in [-0.3, -0.25) is 14.5 Å². The molecule has 1 heterocycles. The van der Waals surface area contributed by atoms with Gasteiger partial charge in [-0.1, -0.05) is 62.9 Å². The van der Waals surface area contributed by atoms with Crippen molar-refractivity contribution in [3.8, 4) is 0 Å². The van der Waals surface area contributed by atoms with Crippen LogP contribution in [0, 0.1) is 5.92 Å². The van der Waals surface area contributed by atoms with Crippen LogP contribution >= 0.6 is 0 Å². The summed E-state index contributed by atoms with van der Waals surface area (Å²) in [6.45, 7) is 13.0.